The van der Waals surface area contributed by atoms with Gasteiger partial charge in [0.1, 0.15) is 17.8 Å². The number of aryl methyl sites for hydroxylation is 2. The monoisotopic (exact) mass is 396 g/mol. The number of nitrogens with zero attached hydrogens (tertiary/aromatic N) is 5. The van der Waals surface area contributed by atoms with Crippen molar-refractivity contribution in [1.29, 1.82) is 0 Å². The Bertz CT molecular complexity index is 1210. The van der Waals surface area contributed by atoms with Gasteiger partial charge in [-0.3, -0.25) is 9.59 Å². The topological polar surface area (TPSA) is 99.9 Å². The van der Waals surface area contributed by atoms with Crippen LogP contribution in [0.4, 0.5) is 0 Å². The molecule has 0 radical (unpaired) electrons. The Morgan fingerprint density at radius 2 is 2.17 bits per heavy atom. The van der Waals surface area contributed by atoms with Gasteiger partial charge >= 0.3 is 0 Å². The fraction of sp³-hybridized carbons (Fsp3) is 0.400. The van der Waals surface area contributed by atoms with Crippen LogP contribution in [-0.4, -0.2) is 36.4 Å². The summed E-state index contributed by atoms with van der Waals surface area (Å²) in [5, 5.41) is 7.71. The smallest absolute Gasteiger partial charge is 0.291 e. The Morgan fingerprint density at radius 3 is 2.90 bits per heavy atom. The number of hydrogen-bond donors (Lipinski definition) is 1. The Hall–Kier alpha value is -3.36. The molecule has 4 aromatic heterocycles. The molecule has 4 rings (SSSR count). The predicted molar refractivity (Wildman–Crippen MR) is 109 cm³/mol. The molecule has 1 N–H and O–H groups in total. The number of fused-ring (bicyclic) bond motifs is 3. The maximum absolute atomic E-state index is 13.1. The van der Waals surface area contributed by atoms with Crippen molar-refractivity contribution in [1.82, 2.24) is 29.2 Å². The molecule has 4 aromatic rings. The first kappa shape index (κ1) is 19.0. The van der Waals surface area contributed by atoms with Crippen LogP contribution >= 0.6 is 0 Å². The van der Waals surface area contributed by atoms with Crippen molar-refractivity contribution in [2.75, 3.05) is 6.54 Å². The average Bonchev–Trinajstić information content (AvgIpc) is 3.37. The van der Waals surface area contributed by atoms with Gasteiger partial charge in [0, 0.05) is 37.6 Å². The van der Waals surface area contributed by atoms with Crippen molar-refractivity contribution in [3.05, 3.63) is 47.1 Å². The molecule has 0 aliphatic heterocycles. The molecule has 1 amide bonds. The third-order valence-electron chi connectivity index (χ3n) is 4.88. The van der Waals surface area contributed by atoms with E-state index >= 15 is 0 Å². The minimum Gasteiger partial charge on any atom is -0.459 e. The van der Waals surface area contributed by atoms with Crippen LogP contribution in [-0.2, 0) is 17.9 Å². The lowest BCUT2D eigenvalue weighted by Crippen LogP contribution is -2.34. The number of nitrogens with one attached hydrogen (secondary N) is 1. The molecule has 4 heterocycles. The van der Waals surface area contributed by atoms with Gasteiger partial charge in [0.25, 0.3) is 5.56 Å². The van der Waals surface area contributed by atoms with Gasteiger partial charge in [-0.25, -0.2) is 9.67 Å². The van der Waals surface area contributed by atoms with Gasteiger partial charge in [0.15, 0.2) is 5.58 Å². The van der Waals surface area contributed by atoms with E-state index in [0.29, 0.717) is 23.0 Å². The van der Waals surface area contributed by atoms with E-state index in [0.717, 1.165) is 24.2 Å². The van der Waals surface area contributed by atoms with Gasteiger partial charge < -0.3 is 18.9 Å². The molecule has 0 saturated heterocycles. The number of furan rings is 1. The lowest BCUT2D eigenvalue weighted by molar-refractivity contribution is -0.121. The number of carbonyl (C=O) groups excluding carboxylic acids is 1. The highest BCUT2D eigenvalue weighted by Crippen LogP contribution is 2.31. The summed E-state index contributed by atoms with van der Waals surface area (Å²) in [6.45, 7) is 7.07. The minimum atomic E-state index is -0.297. The Labute approximate surface area is 166 Å². The summed E-state index contributed by atoms with van der Waals surface area (Å²) >= 11 is 0. The number of rotatable bonds is 7. The number of carbonyl (C=O) groups is 1. The van der Waals surface area contributed by atoms with Crippen molar-refractivity contribution < 1.29 is 9.21 Å². The molecule has 152 valence electrons. The summed E-state index contributed by atoms with van der Waals surface area (Å²) in [6, 6.07) is 1.99. The molecule has 0 saturated carbocycles. The maximum Gasteiger partial charge on any atom is 0.291 e. The van der Waals surface area contributed by atoms with E-state index in [1.54, 1.807) is 18.7 Å². The Balaban J connectivity index is 1.53. The first-order valence-corrected chi connectivity index (χ1v) is 9.68. The zero-order valence-corrected chi connectivity index (χ0v) is 16.8. The third kappa shape index (κ3) is 3.55. The first-order valence-electron chi connectivity index (χ1n) is 9.68. The van der Waals surface area contributed by atoms with Gasteiger partial charge in [-0.05, 0) is 27.2 Å². The summed E-state index contributed by atoms with van der Waals surface area (Å²) in [4.78, 5) is 29.4. The molecule has 0 atom stereocenters. The van der Waals surface area contributed by atoms with Gasteiger partial charge in [0.05, 0.1) is 23.4 Å². The second-order valence-corrected chi connectivity index (χ2v) is 7.41. The van der Waals surface area contributed by atoms with Crippen LogP contribution < -0.4 is 10.9 Å². The van der Waals surface area contributed by atoms with E-state index in [1.165, 1.54) is 4.68 Å². The van der Waals surface area contributed by atoms with Crippen LogP contribution in [0.1, 0.15) is 32.1 Å². The van der Waals surface area contributed by atoms with E-state index < -0.39 is 0 Å². The van der Waals surface area contributed by atoms with Crippen molar-refractivity contribution in [3.63, 3.8) is 0 Å². The molecular formula is C20H24N6O3. The molecule has 9 heteroatoms. The highest BCUT2D eigenvalue weighted by atomic mass is 16.3. The molecule has 0 bridgehead atoms. The summed E-state index contributed by atoms with van der Waals surface area (Å²) in [5.41, 5.74) is 1.74. The van der Waals surface area contributed by atoms with Gasteiger partial charge in [-0.1, -0.05) is 0 Å². The highest BCUT2D eigenvalue weighted by molar-refractivity contribution is 6.04. The molecule has 9 nitrogen and oxygen atoms in total. The van der Waals surface area contributed by atoms with Crippen LogP contribution in [0, 0.1) is 6.92 Å². The van der Waals surface area contributed by atoms with E-state index in [1.807, 2.05) is 42.2 Å². The zero-order chi connectivity index (χ0) is 20.5. The van der Waals surface area contributed by atoms with Crippen molar-refractivity contribution in [2.45, 2.75) is 46.3 Å². The lowest BCUT2D eigenvalue weighted by atomic mass is 10.3. The van der Waals surface area contributed by atoms with E-state index in [-0.39, 0.29) is 24.1 Å². The Morgan fingerprint density at radius 1 is 1.34 bits per heavy atom. The van der Waals surface area contributed by atoms with E-state index in [9.17, 15) is 9.59 Å². The normalized spacial score (nSPS) is 11.7. The summed E-state index contributed by atoms with van der Waals surface area (Å²) in [5.74, 6) is 0.539. The number of imidazole rings is 1. The van der Waals surface area contributed by atoms with Crippen molar-refractivity contribution in [3.8, 4) is 0 Å². The quantitative estimate of drug-likeness (QED) is 0.483. The second-order valence-electron chi connectivity index (χ2n) is 7.41. The summed E-state index contributed by atoms with van der Waals surface area (Å²) in [7, 11) is 0. The highest BCUT2D eigenvalue weighted by Gasteiger charge is 2.21. The van der Waals surface area contributed by atoms with Crippen molar-refractivity contribution in [2.24, 2.45) is 0 Å². The standard InChI is InChI=1S/C20H24N6O3/c1-13(2)26-16-9-14(3)29-19(16)15-10-23-25(20(28)18(15)26)11-17(27)22-5-4-7-24-8-6-21-12-24/h6,8-10,12-13H,4-5,7,11H2,1-3H3,(H,22,27). The van der Waals surface area contributed by atoms with Gasteiger partial charge in [-0.2, -0.15) is 5.10 Å². The molecule has 0 aliphatic rings. The van der Waals surface area contributed by atoms with Crippen LogP contribution in [0.3, 0.4) is 0 Å². The molecule has 0 aromatic carbocycles. The van der Waals surface area contributed by atoms with Crippen LogP contribution in [0.25, 0.3) is 22.0 Å². The summed E-state index contributed by atoms with van der Waals surface area (Å²) in [6.07, 6.45) is 7.71. The molecule has 0 spiro atoms. The summed E-state index contributed by atoms with van der Waals surface area (Å²) < 4.78 is 10.9. The molecular weight excluding hydrogens is 372 g/mol. The van der Waals surface area contributed by atoms with E-state index in [2.05, 4.69) is 15.4 Å². The number of aromatic nitrogens is 5. The minimum absolute atomic E-state index is 0.0625. The number of amides is 1. The zero-order valence-electron chi connectivity index (χ0n) is 16.8. The largest absolute Gasteiger partial charge is 0.459 e. The molecule has 0 unspecified atom stereocenters. The fourth-order valence-corrected chi connectivity index (χ4v) is 3.62. The van der Waals surface area contributed by atoms with Crippen LogP contribution in [0.2, 0.25) is 0 Å². The average molecular weight is 396 g/mol. The molecule has 0 aliphatic carbocycles. The van der Waals surface area contributed by atoms with Gasteiger partial charge in [0.2, 0.25) is 5.91 Å². The lowest BCUT2D eigenvalue weighted by Gasteiger charge is -2.11. The van der Waals surface area contributed by atoms with Crippen molar-refractivity contribution >= 4 is 27.9 Å². The Kier molecular flexibility index (Phi) is 4.96. The number of hydrogen-bond acceptors (Lipinski definition) is 5. The SMILES string of the molecule is Cc1cc2c(o1)c1cnn(CC(=O)NCCCn3ccnc3)c(=O)c1n2C(C)C. The van der Waals surface area contributed by atoms with Crippen LogP contribution in [0.15, 0.2) is 40.2 Å². The third-order valence-corrected chi connectivity index (χ3v) is 4.88. The second kappa shape index (κ2) is 7.57. The molecule has 0 fully saturated rings. The maximum atomic E-state index is 13.1. The first-order chi connectivity index (χ1) is 14.0. The predicted octanol–water partition coefficient (Wildman–Crippen LogP) is 2.24. The van der Waals surface area contributed by atoms with E-state index in [4.69, 9.17) is 4.42 Å². The van der Waals surface area contributed by atoms with Crippen LogP contribution in [0.5, 0.6) is 0 Å². The van der Waals surface area contributed by atoms with Gasteiger partial charge in [-0.15, -0.1) is 0 Å². The molecule has 29 heavy (non-hydrogen) atoms. The fourth-order valence-electron chi connectivity index (χ4n) is 3.62.